The van der Waals surface area contributed by atoms with Gasteiger partial charge in [0.25, 0.3) is 5.91 Å². The number of benzene rings is 1. The molecule has 6 heteroatoms. The lowest BCUT2D eigenvalue weighted by Gasteiger charge is -2.06. The molecule has 0 bridgehead atoms. The number of fused-ring (bicyclic) bond motifs is 1. The van der Waals surface area contributed by atoms with Crippen LogP contribution in [0.25, 0.3) is 10.9 Å². The summed E-state index contributed by atoms with van der Waals surface area (Å²) in [7, 11) is 1.53. The van der Waals surface area contributed by atoms with Crippen LogP contribution in [0, 0.1) is 6.92 Å². The quantitative estimate of drug-likeness (QED) is 0.494. The molecule has 0 aliphatic rings. The molecule has 1 aromatic carbocycles. The molecule has 0 atom stereocenters. The van der Waals surface area contributed by atoms with Gasteiger partial charge in [-0.05, 0) is 13.0 Å². The van der Waals surface area contributed by atoms with Gasteiger partial charge in [-0.2, -0.15) is 4.73 Å². The summed E-state index contributed by atoms with van der Waals surface area (Å²) in [6, 6.07) is 7.69. The van der Waals surface area contributed by atoms with Gasteiger partial charge in [0.1, 0.15) is 12.9 Å². The molecule has 6 nitrogen and oxygen atoms in total. The Balaban J connectivity index is 2.66. The predicted octanol–water partition coefficient (Wildman–Crippen LogP) is 1.04. The van der Waals surface area contributed by atoms with Crippen molar-refractivity contribution < 1.29 is 9.63 Å². The van der Waals surface area contributed by atoms with Crippen LogP contribution in [0.1, 0.15) is 5.56 Å². The number of amides is 1. The third kappa shape index (κ3) is 2.11. The number of nitrogens with two attached hydrogens (primary N) is 2. The van der Waals surface area contributed by atoms with Crippen LogP contribution in [0.4, 0.5) is 5.82 Å². The average Bonchev–Trinajstić information content (AvgIpc) is 2.71. The van der Waals surface area contributed by atoms with Crippen molar-refractivity contribution in [3.63, 3.8) is 0 Å². The van der Waals surface area contributed by atoms with Gasteiger partial charge in [0, 0.05) is 10.9 Å². The largest absolute Gasteiger partial charge is 0.415 e. The summed E-state index contributed by atoms with van der Waals surface area (Å²) in [5.74, 6) is -0.223. The number of hydrogen-bond acceptors (Lipinski definition) is 3. The van der Waals surface area contributed by atoms with Crippen molar-refractivity contribution in [2.75, 3.05) is 7.11 Å². The predicted molar refractivity (Wildman–Crippen MR) is 78.8 cm³/mol. The Hall–Kier alpha value is -2.76. The number of nitrogens with zero attached hydrogens (tertiary/aromatic N) is 2. The molecule has 0 fully saturated rings. The third-order valence-corrected chi connectivity index (χ3v) is 3.07. The van der Waals surface area contributed by atoms with Gasteiger partial charge in [0.05, 0.1) is 11.1 Å². The van der Waals surface area contributed by atoms with Crippen LogP contribution in [0.2, 0.25) is 0 Å². The Bertz CT molecular complexity index is 728. The van der Waals surface area contributed by atoms with Crippen molar-refractivity contribution >= 4 is 28.5 Å². The summed E-state index contributed by atoms with van der Waals surface area (Å²) in [5.41, 5.74) is 12.6. The second-order valence-corrected chi connectivity index (χ2v) is 4.28. The number of hydrogen-bond donors (Lipinski definition) is 2. The van der Waals surface area contributed by atoms with E-state index >= 15 is 0 Å². The van der Waals surface area contributed by atoms with Crippen LogP contribution >= 0.6 is 0 Å². The van der Waals surface area contributed by atoms with E-state index in [-0.39, 0.29) is 11.4 Å². The Morgan fingerprint density at radius 2 is 2.00 bits per heavy atom. The number of para-hydroxylation sites is 1. The fraction of sp³-hybridized carbons (Fsp3) is 0.143. The van der Waals surface area contributed by atoms with E-state index in [0.717, 1.165) is 16.5 Å². The van der Waals surface area contributed by atoms with Crippen LogP contribution in [0.5, 0.6) is 0 Å². The lowest BCUT2D eigenvalue weighted by molar-refractivity contribution is -0.114. The molecule has 1 aromatic heterocycles. The van der Waals surface area contributed by atoms with Crippen LogP contribution in [0.15, 0.2) is 41.4 Å². The summed E-state index contributed by atoms with van der Waals surface area (Å²) in [4.78, 5) is 20.6. The number of aromatic nitrogens is 1. The van der Waals surface area contributed by atoms with Crippen molar-refractivity contribution in [1.82, 2.24) is 4.73 Å². The van der Waals surface area contributed by atoms with Gasteiger partial charge in [-0.1, -0.05) is 24.8 Å². The van der Waals surface area contributed by atoms with Crippen molar-refractivity contribution in [1.29, 1.82) is 0 Å². The first-order chi connectivity index (χ1) is 9.47. The van der Waals surface area contributed by atoms with Crippen LogP contribution < -0.4 is 16.3 Å². The van der Waals surface area contributed by atoms with E-state index in [4.69, 9.17) is 16.3 Å². The number of amidine groups is 1. The van der Waals surface area contributed by atoms with Crippen molar-refractivity contribution in [3.8, 4) is 0 Å². The Morgan fingerprint density at radius 1 is 1.35 bits per heavy atom. The molecular weight excluding hydrogens is 256 g/mol. The van der Waals surface area contributed by atoms with Gasteiger partial charge >= 0.3 is 0 Å². The second-order valence-electron chi connectivity index (χ2n) is 4.28. The highest BCUT2D eigenvalue weighted by molar-refractivity contribution is 6.19. The maximum Gasteiger partial charge on any atom is 0.251 e. The minimum absolute atomic E-state index is 0.0262. The highest BCUT2D eigenvalue weighted by Crippen LogP contribution is 2.30. The van der Waals surface area contributed by atoms with Crippen molar-refractivity contribution in [2.45, 2.75) is 6.92 Å². The topological polar surface area (TPSA) is 95.6 Å². The van der Waals surface area contributed by atoms with Gasteiger partial charge in [0.15, 0.2) is 5.82 Å². The number of primary amides is 1. The first-order valence-corrected chi connectivity index (χ1v) is 5.95. The van der Waals surface area contributed by atoms with Crippen molar-refractivity contribution in [3.05, 3.63) is 42.0 Å². The molecule has 1 amide bonds. The zero-order valence-corrected chi connectivity index (χ0v) is 11.4. The fourth-order valence-electron chi connectivity index (χ4n) is 1.98. The monoisotopic (exact) mass is 272 g/mol. The zero-order valence-electron chi connectivity index (χ0n) is 11.4. The summed E-state index contributed by atoms with van der Waals surface area (Å²) in [6.07, 6.45) is 0. The standard InChI is InChI=1S/C14H16N4O2/c1-8-10-6-4-5-7-11(10)18(20-3)14(8)17-12(15)9(2)13(16)19/h4-7H,2H2,1,3H3,(H2,15,17)(H2,16,19). The number of aryl methyl sites for hydroxylation is 1. The molecule has 0 saturated heterocycles. The van der Waals surface area contributed by atoms with Gasteiger partial charge in [-0.25, -0.2) is 4.99 Å². The summed E-state index contributed by atoms with van der Waals surface area (Å²) in [6.45, 7) is 5.41. The van der Waals surface area contributed by atoms with Crippen LogP contribution in [-0.2, 0) is 4.79 Å². The Kier molecular flexibility index (Phi) is 3.47. The van der Waals surface area contributed by atoms with E-state index in [1.54, 1.807) is 4.73 Å². The van der Waals surface area contributed by atoms with Crippen LogP contribution in [-0.4, -0.2) is 23.6 Å². The number of rotatable bonds is 4. The maximum atomic E-state index is 11.1. The molecule has 0 spiro atoms. The van der Waals surface area contributed by atoms with E-state index in [0.29, 0.717) is 5.82 Å². The molecule has 0 aliphatic heterocycles. The zero-order chi connectivity index (χ0) is 14.9. The highest BCUT2D eigenvalue weighted by Gasteiger charge is 2.15. The smallest absolute Gasteiger partial charge is 0.251 e. The van der Waals surface area contributed by atoms with E-state index in [1.165, 1.54) is 7.11 Å². The average molecular weight is 272 g/mol. The van der Waals surface area contributed by atoms with E-state index in [9.17, 15) is 4.79 Å². The van der Waals surface area contributed by atoms with Crippen LogP contribution in [0.3, 0.4) is 0 Å². The number of aliphatic imine (C=N–C) groups is 1. The first-order valence-electron chi connectivity index (χ1n) is 5.95. The lowest BCUT2D eigenvalue weighted by atomic mass is 10.2. The molecule has 0 aliphatic carbocycles. The molecule has 2 rings (SSSR count). The first kappa shape index (κ1) is 13.7. The third-order valence-electron chi connectivity index (χ3n) is 3.07. The minimum Gasteiger partial charge on any atom is -0.415 e. The molecule has 104 valence electrons. The summed E-state index contributed by atoms with van der Waals surface area (Å²) in [5, 5.41) is 0.991. The molecule has 2 aromatic rings. The minimum atomic E-state index is -0.705. The normalized spacial score (nSPS) is 11.6. The number of carbonyl (C=O) groups excluding carboxylic acids is 1. The molecule has 0 unspecified atom stereocenters. The molecular formula is C14H16N4O2. The molecule has 1 heterocycles. The van der Waals surface area contributed by atoms with E-state index in [1.807, 2.05) is 31.2 Å². The van der Waals surface area contributed by atoms with E-state index in [2.05, 4.69) is 11.6 Å². The molecule has 0 radical (unpaired) electrons. The van der Waals surface area contributed by atoms with Gasteiger partial charge < -0.3 is 16.3 Å². The van der Waals surface area contributed by atoms with Gasteiger partial charge in [-0.15, -0.1) is 0 Å². The molecule has 4 N–H and O–H groups in total. The van der Waals surface area contributed by atoms with Gasteiger partial charge in [0.2, 0.25) is 0 Å². The Morgan fingerprint density at radius 3 is 2.60 bits per heavy atom. The highest BCUT2D eigenvalue weighted by atomic mass is 16.6. The van der Waals surface area contributed by atoms with E-state index < -0.39 is 5.91 Å². The maximum absolute atomic E-state index is 11.1. The van der Waals surface area contributed by atoms with Crippen molar-refractivity contribution in [2.24, 2.45) is 16.5 Å². The number of carbonyl (C=O) groups is 1. The molecule has 0 saturated carbocycles. The molecule has 20 heavy (non-hydrogen) atoms. The summed E-state index contributed by atoms with van der Waals surface area (Å²) >= 11 is 0. The Labute approximate surface area is 116 Å². The SMILES string of the molecule is C=C(C(N)=O)/C(N)=N\c1c(C)c2ccccc2n1OC. The fourth-order valence-corrected chi connectivity index (χ4v) is 1.98. The van der Waals surface area contributed by atoms with Gasteiger partial charge in [-0.3, -0.25) is 4.79 Å². The summed E-state index contributed by atoms with van der Waals surface area (Å²) < 4.78 is 1.55. The second kappa shape index (κ2) is 5.08. The lowest BCUT2D eigenvalue weighted by Crippen LogP contribution is -2.25.